The van der Waals surface area contributed by atoms with Crippen LogP contribution in [0.2, 0.25) is 0 Å². The number of hydrogen-bond acceptors (Lipinski definition) is 6. The van der Waals surface area contributed by atoms with Crippen molar-refractivity contribution < 1.29 is 28.8 Å². The van der Waals surface area contributed by atoms with Gasteiger partial charge in [0.15, 0.2) is 0 Å². The monoisotopic (exact) mass is 487 g/mol. The van der Waals surface area contributed by atoms with Crippen LogP contribution in [-0.4, -0.2) is 63.7 Å². The zero-order valence-electron chi connectivity index (χ0n) is 20.3. The number of rotatable bonds is 7. The normalized spacial score (nSPS) is 22.4. The quantitative estimate of drug-likeness (QED) is 0.505. The minimum atomic E-state index is -0.695. The zero-order valence-corrected chi connectivity index (χ0v) is 20.3. The first-order valence-electron chi connectivity index (χ1n) is 11.9. The number of nitrogens with zero attached hydrogens (tertiary/aromatic N) is 2. The molecule has 3 N–H and O–H groups in total. The van der Waals surface area contributed by atoms with Crippen LogP contribution in [0.15, 0.2) is 30.3 Å². The van der Waals surface area contributed by atoms with Crippen molar-refractivity contribution >= 4 is 23.9 Å². The van der Waals surface area contributed by atoms with Crippen LogP contribution in [0.25, 0.3) is 0 Å². The Bertz CT molecular complexity index is 974. The standard InChI is InChI=1S/C24H33N5O6/c1-23(2,3)35-21(32)25-24(11-12-24)13-19(30)26-27-20(31)18-10-9-17-14-28(18)22(33)29(17)34-15-16-7-5-4-6-8-16/h4-8,17-18H,9-15H2,1-3H3,(H,25,32)(H,26,30)(H,27,31). The second-order valence-corrected chi connectivity index (χ2v) is 10.4. The molecule has 1 aliphatic carbocycles. The van der Waals surface area contributed by atoms with Crippen molar-refractivity contribution in [3.8, 4) is 0 Å². The van der Waals surface area contributed by atoms with Crippen molar-refractivity contribution in [2.75, 3.05) is 6.54 Å². The number of ether oxygens (including phenoxy) is 1. The largest absolute Gasteiger partial charge is 0.444 e. The van der Waals surface area contributed by atoms with Crippen LogP contribution in [0.1, 0.15) is 58.4 Å². The van der Waals surface area contributed by atoms with Gasteiger partial charge in [-0.25, -0.2) is 9.59 Å². The Kier molecular flexibility index (Phi) is 6.88. The maximum Gasteiger partial charge on any atom is 0.408 e. The van der Waals surface area contributed by atoms with Gasteiger partial charge in [0, 0.05) is 6.54 Å². The van der Waals surface area contributed by atoms with Gasteiger partial charge in [-0.15, -0.1) is 0 Å². The molecule has 11 nitrogen and oxygen atoms in total. The molecule has 2 aliphatic heterocycles. The van der Waals surface area contributed by atoms with E-state index in [2.05, 4.69) is 16.2 Å². The van der Waals surface area contributed by atoms with Gasteiger partial charge < -0.3 is 15.0 Å². The van der Waals surface area contributed by atoms with Gasteiger partial charge in [0.05, 0.1) is 18.0 Å². The fourth-order valence-electron chi connectivity index (χ4n) is 4.37. The lowest BCUT2D eigenvalue weighted by atomic mass is 10.0. The van der Waals surface area contributed by atoms with Gasteiger partial charge in [-0.3, -0.25) is 25.3 Å². The van der Waals surface area contributed by atoms with Gasteiger partial charge in [-0.2, -0.15) is 5.06 Å². The topological polar surface area (TPSA) is 129 Å². The average molecular weight is 488 g/mol. The Hall–Kier alpha value is -3.34. The number of carbonyl (C=O) groups is 4. The summed E-state index contributed by atoms with van der Waals surface area (Å²) in [4.78, 5) is 57.3. The molecule has 5 amide bonds. The van der Waals surface area contributed by atoms with E-state index in [1.165, 1.54) is 9.96 Å². The minimum Gasteiger partial charge on any atom is -0.444 e. The predicted octanol–water partition coefficient (Wildman–Crippen LogP) is 1.98. The van der Waals surface area contributed by atoms with Crippen LogP contribution in [0, 0.1) is 0 Å². The summed E-state index contributed by atoms with van der Waals surface area (Å²) in [7, 11) is 0. The first-order valence-corrected chi connectivity index (χ1v) is 11.9. The van der Waals surface area contributed by atoms with Crippen LogP contribution < -0.4 is 16.2 Å². The fourth-order valence-corrected chi connectivity index (χ4v) is 4.37. The van der Waals surface area contributed by atoms with Gasteiger partial charge in [0.1, 0.15) is 18.2 Å². The van der Waals surface area contributed by atoms with E-state index in [-0.39, 0.29) is 25.1 Å². The fraction of sp³-hybridized carbons (Fsp3) is 0.583. The zero-order chi connectivity index (χ0) is 25.2. The predicted molar refractivity (Wildman–Crippen MR) is 124 cm³/mol. The summed E-state index contributed by atoms with van der Waals surface area (Å²) in [6.45, 7) is 5.95. The Morgan fingerprint density at radius 2 is 1.80 bits per heavy atom. The van der Waals surface area contributed by atoms with Gasteiger partial charge in [0.2, 0.25) is 5.91 Å². The van der Waals surface area contributed by atoms with E-state index in [0.717, 1.165) is 5.56 Å². The summed E-state index contributed by atoms with van der Waals surface area (Å²) in [5.41, 5.74) is 4.51. The van der Waals surface area contributed by atoms with E-state index in [1.807, 2.05) is 30.3 Å². The number of piperidine rings is 1. The summed E-state index contributed by atoms with van der Waals surface area (Å²) in [5.74, 6) is -0.888. The van der Waals surface area contributed by atoms with Crippen molar-refractivity contribution in [1.82, 2.24) is 26.1 Å². The number of fused-ring (bicyclic) bond motifs is 2. The van der Waals surface area contributed by atoms with Crippen molar-refractivity contribution in [2.24, 2.45) is 0 Å². The highest BCUT2D eigenvalue weighted by atomic mass is 16.7. The lowest BCUT2D eigenvalue weighted by Crippen LogP contribution is -2.55. The maximum atomic E-state index is 12.9. The third-order valence-corrected chi connectivity index (χ3v) is 6.28. The molecule has 3 aliphatic rings. The van der Waals surface area contributed by atoms with E-state index in [1.54, 1.807) is 20.8 Å². The summed E-state index contributed by atoms with van der Waals surface area (Å²) in [5, 5.41) is 4.11. The van der Waals surface area contributed by atoms with E-state index in [0.29, 0.717) is 32.2 Å². The molecule has 2 bridgehead atoms. The number of nitrogens with one attached hydrogen (secondary N) is 3. The number of hydrogen-bond donors (Lipinski definition) is 3. The molecule has 2 heterocycles. The molecule has 1 aromatic carbocycles. The van der Waals surface area contributed by atoms with Gasteiger partial charge >= 0.3 is 12.1 Å². The molecule has 2 saturated heterocycles. The highest BCUT2D eigenvalue weighted by Gasteiger charge is 2.49. The number of carbonyl (C=O) groups excluding carboxylic acids is 4. The molecule has 2 unspecified atom stereocenters. The van der Waals surface area contributed by atoms with Crippen molar-refractivity contribution in [3.05, 3.63) is 35.9 Å². The number of amides is 5. The Morgan fingerprint density at radius 3 is 2.46 bits per heavy atom. The number of alkyl carbamates (subject to hydrolysis) is 1. The molecule has 1 aromatic rings. The van der Waals surface area contributed by atoms with Crippen molar-refractivity contribution in [1.29, 1.82) is 0 Å². The molecule has 35 heavy (non-hydrogen) atoms. The van der Waals surface area contributed by atoms with Crippen molar-refractivity contribution in [3.63, 3.8) is 0 Å². The second-order valence-electron chi connectivity index (χ2n) is 10.4. The number of hydrazine groups is 1. The van der Waals surface area contributed by atoms with Gasteiger partial charge in [-0.1, -0.05) is 30.3 Å². The van der Waals surface area contributed by atoms with E-state index < -0.39 is 35.1 Å². The summed E-state index contributed by atoms with van der Waals surface area (Å²) in [6, 6.07) is 8.39. The Balaban J connectivity index is 1.23. The smallest absolute Gasteiger partial charge is 0.408 e. The van der Waals surface area contributed by atoms with Gasteiger partial charge in [0.25, 0.3) is 5.91 Å². The number of benzene rings is 1. The molecule has 0 radical (unpaired) electrons. The third kappa shape index (κ3) is 6.21. The van der Waals surface area contributed by atoms with E-state index >= 15 is 0 Å². The molecule has 1 saturated carbocycles. The summed E-state index contributed by atoms with van der Waals surface area (Å²) >= 11 is 0. The van der Waals surface area contributed by atoms with Crippen LogP contribution >= 0.6 is 0 Å². The van der Waals surface area contributed by atoms with Crippen molar-refractivity contribution in [2.45, 2.75) is 82.7 Å². The molecule has 4 rings (SSSR count). The summed E-state index contributed by atoms with van der Waals surface area (Å²) in [6.07, 6.45) is 1.83. The lowest BCUT2D eigenvalue weighted by Gasteiger charge is -2.29. The molecule has 3 fully saturated rings. The van der Waals surface area contributed by atoms with E-state index in [4.69, 9.17) is 9.57 Å². The van der Waals surface area contributed by atoms with Crippen LogP contribution in [0.3, 0.4) is 0 Å². The molecule has 0 aromatic heterocycles. The molecular weight excluding hydrogens is 454 g/mol. The summed E-state index contributed by atoms with van der Waals surface area (Å²) < 4.78 is 5.26. The SMILES string of the molecule is CC(C)(C)OC(=O)NC1(CC(=O)NNC(=O)C2CCC3CN2C(=O)N3OCc2ccccc2)CC1. The number of hydroxylamine groups is 2. The van der Waals surface area contributed by atoms with Crippen LogP contribution in [-0.2, 0) is 25.8 Å². The Labute approximate surface area is 204 Å². The highest BCUT2D eigenvalue weighted by Crippen LogP contribution is 2.39. The third-order valence-electron chi connectivity index (χ3n) is 6.28. The van der Waals surface area contributed by atoms with Gasteiger partial charge in [-0.05, 0) is 52.0 Å². The van der Waals surface area contributed by atoms with Crippen LogP contribution in [0.4, 0.5) is 9.59 Å². The first-order chi connectivity index (χ1) is 16.6. The maximum absolute atomic E-state index is 12.9. The lowest BCUT2D eigenvalue weighted by molar-refractivity contribution is -0.140. The minimum absolute atomic E-state index is 0.0169. The molecule has 2 atom stereocenters. The second kappa shape index (κ2) is 9.73. The molecule has 0 spiro atoms. The molecule has 190 valence electrons. The molecule has 11 heteroatoms. The molecular formula is C24H33N5O6. The van der Waals surface area contributed by atoms with E-state index in [9.17, 15) is 19.2 Å². The average Bonchev–Trinajstić information content (AvgIpc) is 3.49. The van der Waals surface area contributed by atoms with Crippen LogP contribution in [0.5, 0.6) is 0 Å². The highest BCUT2D eigenvalue weighted by molar-refractivity contribution is 5.90. The Morgan fingerprint density at radius 1 is 1.09 bits per heavy atom. The first kappa shape index (κ1) is 24.8. The number of urea groups is 1.